The van der Waals surface area contributed by atoms with E-state index in [1.54, 1.807) is 12.4 Å². The molecule has 3 N–H and O–H groups in total. The molecule has 0 unspecified atom stereocenters. The summed E-state index contributed by atoms with van der Waals surface area (Å²) in [6.07, 6.45) is 6.94. The highest BCUT2D eigenvalue weighted by Gasteiger charge is 2.20. The van der Waals surface area contributed by atoms with Crippen LogP contribution in [0.5, 0.6) is 0 Å². The van der Waals surface area contributed by atoms with E-state index in [0.717, 1.165) is 53.9 Å². The van der Waals surface area contributed by atoms with Gasteiger partial charge in [0.2, 0.25) is 5.95 Å². The second-order valence-corrected chi connectivity index (χ2v) is 7.30. The van der Waals surface area contributed by atoms with Crippen molar-refractivity contribution in [2.24, 2.45) is 0 Å². The van der Waals surface area contributed by atoms with Crippen LogP contribution in [0.3, 0.4) is 0 Å². The first-order valence-corrected chi connectivity index (χ1v) is 9.50. The summed E-state index contributed by atoms with van der Waals surface area (Å²) in [7, 11) is 1.92. The molecule has 4 aromatic rings. The van der Waals surface area contributed by atoms with Crippen LogP contribution in [0.25, 0.3) is 16.7 Å². The van der Waals surface area contributed by atoms with Gasteiger partial charge in [0.15, 0.2) is 11.3 Å². The highest BCUT2D eigenvalue weighted by atomic mass is 16.3. The van der Waals surface area contributed by atoms with Gasteiger partial charge in [0.1, 0.15) is 5.82 Å². The second-order valence-electron chi connectivity index (χ2n) is 7.30. The average molecular weight is 378 g/mol. The second kappa shape index (κ2) is 6.75. The Morgan fingerprint density at radius 2 is 2.07 bits per heavy atom. The van der Waals surface area contributed by atoms with Crippen LogP contribution in [0, 0.1) is 0 Å². The minimum atomic E-state index is -0.165. The van der Waals surface area contributed by atoms with Crippen LogP contribution in [0.1, 0.15) is 25.7 Å². The molecule has 1 saturated carbocycles. The summed E-state index contributed by atoms with van der Waals surface area (Å²) in [5.41, 5.74) is 2.42. The Morgan fingerprint density at radius 1 is 1.21 bits per heavy atom. The molecule has 0 aromatic carbocycles. The first-order valence-electron chi connectivity index (χ1n) is 9.50. The first kappa shape index (κ1) is 16.9. The Morgan fingerprint density at radius 3 is 2.93 bits per heavy atom. The van der Waals surface area contributed by atoms with Crippen LogP contribution >= 0.6 is 0 Å². The molecule has 0 saturated heterocycles. The van der Waals surface area contributed by atoms with Crippen molar-refractivity contribution in [1.29, 1.82) is 0 Å². The van der Waals surface area contributed by atoms with Gasteiger partial charge in [0.25, 0.3) is 0 Å². The molecule has 0 spiro atoms. The molecule has 0 radical (unpaired) electrons. The number of anilines is 3. The van der Waals surface area contributed by atoms with Gasteiger partial charge in [-0.05, 0) is 43.9 Å². The Labute approximate surface area is 161 Å². The van der Waals surface area contributed by atoms with Crippen molar-refractivity contribution in [3.63, 3.8) is 0 Å². The van der Waals surface area contributed by atoms with E-state index < -0.39 is 0 Å². The fraction of sp³-hybridized carbons (Fsp3) is 0.368. The summed E-state index contributed by atoms with van der Waals surface area (Å²) in [4.78, 5) is 11.0. The molecule has 4 heterocycles. The van der Waals surface area contributed by atoms with Crippen LogP contribution in [-0.4, -0.2) is 54.1 Å². The van der Waals surface area contributed by atoms with Crippen molar-refractivity contribution in [3.8, 4) is 0 Å². The van der Waals surface area contributed by atoms with E-state index in [-0.39, 0.29) is 6.10 Å². The molecule has 0 aliphatic heterocycles. The summed E-state index contributed by atoms with van der Waals surface area (Å²) in [5, 5.41) is 25.8. The normalized spacial score (nSPS) is 19.9. The molecule has 0 atom stereocenters. The third-order valence-corrected chi connectivity index (χ3v) is 5.36. The Hall–Kier alpha value is -3.20. The van der Waals surface area contributed by atoms with E-state index >= 15 is 0 Å². The zero-order valence-corrected chi connectivity index (χ0v) is 15.6. The molecular formula is C19H22N8O. The highest BCUT2D eigenvalue weighted by molar-refractivity contribution is 5.78. The standard InChI is InChI=1S/C19H22N8O/c1-26(14-9-12-10-21-24-18(12)20-11-14)19-23-17-4-2-3-16(27(17)25-19)22-13-5-7-15(28)8-6-13/h2-4,9-11,13,15,22,28H,5-8H2,1H3,(H,20,21,24)/t13-,15+. The van der Waals surface area contributed by atoms with Gasteiger partial charge in [-0.3, -0.25) is 5.10 Å². The zero-order chi connectivity index (χ0) is 19.1. The van der Waals surface area contributed by atoms with E-state index in [2.05, 4.69) is 25.5 Å². The number of aromatic nitrogens is 6. The summed E-state index contributed by atoms with van der Waals surface area (Å²) in [6.45, 7) is 0. The number of hydrogen-bond acceptors (Lipinski definition) is 7. The van der Waals surface area contributed by atoms with E-state index in [0.29, 0.717) is 12.0 Å². The Kier molecular flexibility index (Phi) is 4.09. The minimum Gasteiger partial charge on any atom is -0.393 e. The van der Waals surface area contributed by atoms with Crippen LogP contribution in [0.4, 0.5) is 17.5 Å². The SMILES string of the molecule is CN(c1cnc2[nH]ncc2c1)c1nc2cccc(N[C@H]3CC[C@@H](O)CC3)n2n1. The summed E-state index contributed by atoms with van der Waals surface area (Å²) in [6, 6.07) is 8.27. The van der Waals surface area contributed by atoms with Crippen LogP contribution in [0.2, 0.25) is 0 Å². The van der Waals surface area contributed by atoms with Crippen LogP contribution in [-0.2, 0) is 0 Å². The van der Waals surface area contributed by atoms with E-state index in [1.165, 1.54) is 0 Å². The fourth-order valence-corrected chi connectivity index (χ4v) is 3.70. The number of aromatic amines is 1. The van der Waals surface area contributed by atoms with Gasteiger partial charge < -0.3 is 15.3 Å². The number of nitrogens with zero attached hydrogens (tertiary/aromatic N) is 6. The van der Waals surface area contributed by atoms with Crippen LogP contribution < -0.4 is 10.2 Å². The number of H-pyrrole nitrogens is 1. The molecule has 0 amide bonds. The quantitative estimate of drug-likeness (QED) is 0.501. The Balaban J connectivity index is 1.44. The number of aliphatic hydroxyl groups is 1. The molecule has 5 rings (SSSR count). The number of hydrogen-bond donors (Lipinski definition) is 3. The van der Waals surface area contributed by atoms with E-state index in [9.17, 15) is 5.11 Å². The summed E-state index contributed by atoms with van der Waals surface area (Å²) in [5.74, 6) is 1.51. The number of rotatable bonds is 4. The number of fused-ring (bicyclic) bond motifs is 2. The average Bonchev–Trinajstić information content (AvgIpc) is 3.35. The predicted molar refractivity (Wildman–Crippen MR) is 107 cm³/mol. The highest BCUT2D eigenvalue weighted by Crippen LogP contribution is 2.26. The largest absolute Gasteiger partial charge is 0.393 e. The minimum absolute atomic E-state index is 0.165. The predicted octanol–water partition coefficient (Wildman–Crippen LogP) is 2.48. The molecule has 0 bridgehead atoms. The topological polar surface area (TPSA) is 107 Å². The molecule has 4 aromatic heterocycles. The molecule has 1 aliphatic carbocycles. The summed E-state index contributed by atoms with van der Waals surface area (Å²) < 4.78 is 1.83. The van der Waals surface area contributed by atoms with Crippen LogP contribution in [0.15, 0.2) is 36.7 Å². The van der Waals surface area contributed by atoms with Crippen molar-refractivity contribution >= 4 is 34.1 Å². The van der Waals surface area contributed by atoms with E-state index in [4.69, 9.17) is 5.10 Å². The lowest BCUT2D eigenvalue weighted by Gasteiger charge is -2.27. The van der Waals surface area contributed by atoms with Crippen molar-refractivity contribution < 1.29 is 5.11 Å². The fourth-order valence-electron chi connectivity index (χ4n) is 3.70. The van der Waals surface area contributed by atoms with Gasteiger partial charge in [-0.15, -0.1) is 5.10 Å². The molecule has 9 heteroatoms. The monoisotopic (exact) mass is 378 g/mol. The lowest BCUT2D eigenvalue weighted by molar-refractivity contribution is 0.126. The smallest absolute Gasteiger partial charge is 0.250 e. The Bertz CT molecular complexity index is 1110. The van der Waals surface area contributed by atoms with Gasteiger partial charge in [-0.25, -0.2) is 4.98 Å². The maximum atomic E-state index is 9.72. The van der Waals surface area contributed by atoms with Crippen molar-refractivity contribution in [2.45, 2.75) is 37.8 Å². The van der Waals surface area contributed by atoms with Gasteiger partial charge in [0.05, 0.1) is 24.2 Å². The third-order valence-electron chi connectivity index (χ3n) is 5.36. The van der Waals surface area contributed by atoms with E-state index in [1.807, 2.05) is 40.7 Å². The van der Waals surface area contributed by atoms with Crippen molar-refractivity contribution in [3.05, 3.63) is 36.7 Å². The van der Waals surface area contributed by atoms with Gasteiger partial charge in [-0.2, -0.15) is 14.6 Å². The number of aliphatic hydroxyl groups excluding tert-OH is 1. The molecule has 1 fully saturated rings. The van der Waals surface area contributed by atoms with Crippen molar-refractivity contribution in [1.82, 2.24) is 29.8 Å². The molecule has 28 heavy (non-hydrogen) atoms. The zero-order valence-electron chi connectivity index (χ0n) is 15.6. The number of pyridine rings is 2. The summed E-state index contributed by atoms with van der Waals surface area (Å²) >= 11 is 0. The lowest BCUT2D eigenvalue weighted by atomic mass is 9.93. The number of nitrogens with one attached hydrogen (secondary N) is 2. The van der Waals surface area contributed by atoms with Crippen molar-refractivity contribution in [2.75, 3.05) is 17.3 Å². The maximum absolute atomic E-state index is 9.72. The maximum Gasteiger partial charge on any atom is 0.250 e. The van der Waals surface area contributed by atoms with Gasteiger partial charge in [0, 0.05) is 18.5 Å². The molecular weight excluding hydrogens is 356 g/mol. The lowest BCUT2D eigenvalue weighted by Crippen LogP contribution is -2.29. The molecule has 1 aliphatic rings. The first-order chi connectivity index (χ1) is 13.7. The molecule has 144 valence electrons. The third kappa shape index (κ3) is 3.03. The van der Waals surface area contributed by atoms with Gasteiger partial charge in [-0.1, -0.05) is 6.07 Å². The van der Waals surface area contributed by atoms with Gasteiger partial charge >= 0.3 is 0 Å². The molecule has 9 nitrogen and oxygen atoms in total.